The average molecular weight is 306 g/mol. The number of nitrogens with zero attached hydrogens (tertiary/aromatic N) is 4. The molecule has 4 nitrogen and oxygen atoms in total. The number of rotatable bonds is 1. The van der Waals surface area contributed by atoms with E-state index in [1.54, 1.807) is 16.7 Å². The van der Waals surface area contributed by atoms with Crippen LogP contribution in [0.2, 0.25) is 13.8 Å². The van der Waals surface area contributed by atoms with E-state index in [0.717, 1.165) is 0 Å². The number of halogens is 3. The van der Waals surface area contributed by atoms with Gasteiger partial charge in [0.1, 0.15) is 9.49 Å². The quantitative estimate of drug-likeness (QED) is 0.686. The Morgan fingerprint density at radius 2 is 1.94 bits per heavy atom. The fourth-order valence-electron chi connectivity index (χ4n) is 1.48. The lowest BCUT2D eigenvalue weighted by molar-refractivity contribution is 1.11. The molecule has 0 saturated heterocycles. The molecule has 0 aliphatic heterocycles. The molecule has 0 fully saturated rings. The lowest BCUT2D eigenvalue weighted by Crippen LogP contribution is -1.91. The molecule has 3 heterocycles. The van der Waals surface area contributed by atoms with Crippen molar-refractivity contribution in [2.45, 2.75) is 0 Å². The molecule has 3 aromatic rings. The van der Waals surface area contributed by atoms with Crippen molar-refractivity contribution in [2.24, 2.45) is 0 Å². The minimum atomic E-state index is 0.417. The predicted octanol–water partition coefficient (Wildman–Crippen LogP) is 3.81. The van der Waals surface area contributed by atoms with Crippen LogP contribution in [-0.4, -0.2) is 19.6 Å². The molecule has 86 valence electrons. The zero-order valence-electron chi connectivity index (χ0n) is 8.06. The lowest BCUT2D eigenvalue weighted by atomic mass is 10.3. The van der Waals surface area contributed by atoms with Gasteiger partial charge in [0.15, 0.2) is 11.5 Å². The number of hydrogen-bond acceptors (Lipinski definition) is 4. The molecule has 0 spiro atoms. The Hall–Kier alpha value is -0.880. The average Bonchev–Trinajstić information content (AvgIpc) is 2.83. The Bertz CT molecular complexity index is 705. The third kappa shape index (κ3) is 1.79. The van der Waals surface area contributed by atoms with E-state index in [0.29, 0.717) is 30.9 Å². The largest absolute Gasteiger partial charge is 0.262 e. The normalized spacial score (nSPS) is 11.2. The Morgan fingerprint density at radius 1 is 1.12 bits per heavy atom. The Labute approximate surface area is 115 Å². The minimum Gasteiger partial charge on any atom is -0.262 e. The highest BCUT2D eigenvalue weighted by Gasteiger charge is 2.16. The molecule has 0 radical (unpaired) electrons. The van der Waals surface area contributed by atoms with Gasteiger partial charge in [-0.1, -0.05) is 34.8 Å². The van der Waals surface area contributed by atoms with Gasteiger partial charge in [-0.2, -0.15) is 0 Å². The van der Waals surface area contributed by atoms with Crippen LogP contribution in [0.5, 0.6) is 0 Å². The molecule has 0 bridgehead atoms. The standard InChI is InChI=1S/C9H3Cl3N4S/c10-5-2-13-3-7-14-15-9(16(5)7)4-1-6(11)17-8(4)12/h1-3H. The van der Waals surface area contributed by atoms with E-state index in [4.69, 9.17) is 34.8 Å². The second kappa shape index (κ2) is 4.10. The first-order chi connectivity index (χ1) is 8.16. The van der Waals surface area contributed by atoms with E-state index in [1.807, 2.05) is 0 Å². The Kier molecular flexibility index (Phi) is 2.71. The molecule has 0 aromatic carbocycles. The molecule has 0 saturated carbocycles. The molecule has 3 aromatic heterocycles. The number of thiophene rings is 1. The van der Waals surface area contributed by atoms with Crippen LogP contribution in [0.1, 0.15) is 0 Å². The molecule has 8 heteroatoms. The first-order valence-corrected chi connectivity index (χ1v) is 6.41. The molecule has 17 heavy (non-hydrogen) atoms. The number of aromatic nitrogens is 4. The van der Waals surface area contributed by atoms with Crippen molar-refractivity contribution < 1.29 is 0 Å². The van der Waals surface area contributed by atoms with Crippen molar-refractivity contribution in [3.63, 3.8) is 0 Å². The van der Waals surface area contributed by atoms with Crippen molar-refractivity contribution in [2.75, 3.05) is 0 Å². The van der Waals surface area contributed by atoms with Crippen molar-refractivity contribution in [3.8, 4) is 11.4 Å². The van der Waals surface area contributed by atoms with Crippen LogP contribution >= 0.6 is 46.1 Å². The van der Waals surface area contributed by atoms with Gasteiger partial charge in [0.25, 0.3) is 0 Å². The fourth-order valence-corrected chi connectivity index (χ4v) is 3.16. The summed E-state index contributed by atoms with van der Waals surface area (Å²) in [6.45, 7) is 0. The Balaban J connectivity index is 2.35. The van der Waals surface area contributed by atoms with E-state index in [-0.39, 0.29) is 0 Å². The van der Waals surface area contributed by atoms with Crippen LogP contribution < -0.4 is 0 Å². The van der Waals surface area contributed by atoms with Gasteiger partial charge in [-0.15, -0.1) is 21.5 Å². The molecule has 0 unspecified atom stereocenters. The van der Waals surface area contributed by atoms with Crippen molar-refractivity contribution in [1.82, 2.24) is 19.6 Å². The van der Waals surface area contributed by atoms with Gasteiger partial charge in [-0.3, -0.25) is 9.38 Å². The van der Waals surface area contributed by atoms with Crippen molar-refractivity contribution in [1.29, 1.82) is 0 Å². The Morgan fingerprint density at radius 3 is 2.65 bits per heavy atom. The van der Waals surface area contributed by atoms with Crippen LogP contribution in [0.15, 0.2) is 18.5 Å². The summed E-state index contributed by atoms with van der Waals surface area (Å²) in [6.07, 6.45) is 3.09. The SMILES string of the molecule is Clc1cc(-c2nnc3cncc(Cl)n23)c(Cl)s1. The highest BCUT2D eigenvalue weighted by atomic mass is 35.5. The second-order valence-electron chi connectivity index (χ2n) is 3.19. The maximum absolute atomic E-state index is 6.08. The molecule has 0 amide bonds. The third-order valence-electron chi connectivity index (χ3n) is 2.17. The molecule has 0 N–H and O–H groups in total. The summed E-state index contributed by atoms with van der Waals surface area (Å²) in [7, 11) is 0. The summed E-state index contributed by atoms with van der Waals surface area (Å²) in [6, 6.07) is 1.74. The van der Waals surface area contributed by atoms with E-state index in [9.17, 15) is 0 Å². The number of fused-ring (bicyclic) bond motifs is 1. The summed E-state index contributed by atoms with van der Waals surface area (Å²) in [5.74, 6) is 0.556. The van der Waals surface area contributed by atoms with Crippen molar-refractivity contribution in [3.05, 3.63) is 32.3 Å². The molecular weight excluding hydrogens is 303 g/mol. The van der Waals surface area contributed by atoms with E-state index < -0.39 is 0 Å². The summed E-state index contributed by atoms with van der Waals surface area (Å²) in [5, 5.41) is 8.45. The maximum Gasteiger partial charge on any atom is 0.180 e. The van der Waals surface area contributed by atoms with Gasteiger partial charge in [-0.25, -0.2) is 0 Å². The van der Waals surface area contributed by atoms with Gasteiger partial charge in [0.05, 0.1) is 22.3 Å². The lowest BCUT2D eigenvalue weighted by Gasteiger charge is -1.99. The molecule has 0 atom stereocenters. The van der Waals surface area contributed by atoms with Crippen LogP contribution in [0.25, 0.3) is 17.0 Å². The zero-order chi connectivity index (χ0) is 12.0. The predicted molar refractivity (Wildman–Crippen MR) is 69.1 cm³/mol. The highest BCUT2D eigenvalue weighted by molar-refractivity contribution is 7.20. The van der Waals surface area contributed by atoms with Crippen LogP contribution in [0.4, 0.5) is 0 Å². The molecule has 0 aliphatic rings. The highest BCUT2D eigenvalue weighted by Crippen LogP contribution is 2.37. The van der Waals surface area contributed by atoms with Gasteiger partial charge >= 0.3 is 0 Å². The molecule has 0 aliphatic carbocycles. The van der Waals surface area contributed by atoms with Crippen LogP contribution in [0.3, 0.4) is 0 Å². The summed E-state index contributed by atoms with van der Waals surface area (Å²) in [4.78, 5) is 3.94. The van der Waals surface area contributed by atoms with E-state index in [1.165, 1.54) is 17.5 Å². The van der Waals surface area contributed by atoms with Gasteiger partial charge in [0, 0.05) is 0 Å². The first-order valence-electron chi connectivity index (χ1n) is 4.46. The summed E-state index contributed by atoms with van der Waals surface area (Å²) >= 11 is 19.3. The van der Waals surface area contributed by atoms with Crippen molar-refractivity contribution >= 4 is 51.8 Å². The molecular formula is C9H3Cl3N4S. The smallest absolute Gasteiger partial charge is 0.180 e. The van der Waals surface area contributed by atoms with Gasteiger partial charge in [0.2, 0.25) is 0 Å². The minimum absolute atomic E-state index is 0.417. The van der Waals surface area contributed by atoms with Gasteiger partial charge < -0.3 is 0 Å². The number of hydrogen-bond donors (Lipinski definition) is 0. The monoisotopic (exact) mass is 304 g/mol. The first kappa shape index (κ1) is 11.2. The molecule has 3 rings (SSSR count). The maximum atomic E-state index is 6.08. The van der Waals surface area contributed by atoms with E-state index >= 15 is 0 Å². The fraction of sp³-hybridized carbons (Fsp3) is 0. The summed E-state index contributed by atoms with van der Waals surface area (Å²) < 4.78 is 2.81. The topological polar surface area (TPSA) is 43.1 Å². The second-order valence-corrected chi connectivity index (χ2v) is 5.86. The van der Waals surface area contributed by atoms with Crippen LogP contribution in [0, 0.1) is 0 Å². The van der Waals surface area contributed by atoms with Gasteiger partial charge in [-0.05, 0) is 6.07 Å². The summed E-state index contributed by atoms with van der Waals surface area (Å²) in [5.41, 5.74) is 1.27. The van der Waals surface area contributed by atoms with E-state index in [2.05, 4.69) is 15.2 Å². The third-order valence-corrected chi connectivity index (χ3v) is 3.92. The zero-order valence-corrected chi connectivity index (χ0v) is 11.1. The van der Waals surface area contributed by atoms with Crippen LogP contribution in [-0.2, 0) is 0 Å².